The van der Waals surface area contributed by atoms with Crippen LogP contribution in [0.3, 0.4) is 0 Å². The van der Waals surface area contributed by atoms with E-state index in [-0.39, 0.29) is 51.3 Å². The fourth-order valence-corrected chi connectivity index (χ4v) is 4.72. The van der Waals surface area contributed by atoms with Crippen molar-refractivity contribution in [3.63, 3.8) is 0 Å². The number of fused-ring (bicyclic) bond motifs is 1. The second-order valence-corrected chi connectivity index (χ2v) is 8.57. The van der Waals surface area contributed by atoms with Gasteiger partial charge >= 0.3 is 5.92 Å². The molecular weight excluding hydrogens is 463 g/mol. The molecule has 3 N–H and O–H groups in total. The second-order valence-electron chi connectivity index (χ2n) is 8.17. The van der Waals surface area contributed by atoms with Gasteiger partial charge in [0.2, 0.25) is 0 Å². The maximum absolute atomic E-state index is 13.7. The molecule has 0 amide bonds. The van der Waals surface area contributed by atoms with Crippen molar-refractivity contribution < 1.29 is 32.9 Å². The molecule has 176 valence electrons. The number of rotatable bonds is 5. The third-order valence-corrected chi connectivity index (χ3v) is 6.52. The van der Waals surface area contributed by atoms with Gasteiger partial charge in [0.25, 0.3) is 0 Å². The number of benzene rings is 2. The van der Waals surface area contributed by atoms with E-state index in [1.54, 1.807) is 0 Å². The van der Waals surface area contributed by atoms with Crippen molar-refractivity contribution in [1.29, 1.82) is 0 Å². The molecule has 0 radical (unpaired) electrons. The van der Waals surface area contributed by atoms with Crippen LogP contribution in [-0.4, -0.2) is 53.1 Å². The molecule has 4 rings (SSSR count). The van der Waals surface area contributed by atoms with Crippen LogP contribution in [-0.2, 0) is 5.92 Å². The highest BCUT2D eigenvalue weighted by Crippen LogP contribution is 2.44. The van der Waals surface area contributed by atoms with Gasteiger partial charge in [-0.25, -0.2) is 4.39 Å². The van der Waals surface area contributed by atoms with Gasteiger partial charge in [-0.2, -0.15) is 8.78 Å². The van der Waals surface area contributed by atoms with Crippen molar-refractivity contribution in [3.8, 4) is 22.8 Å². The first-order valence-corrected chi connectivity index (χ1v) is 10.5. The highest BCUT2D eigenvalue weighted by Gasteiger charge is 2.37. The minimum absolute atomic E-state index is 0.0780. The Morgan fingerprint density at radius 3 is 2.58 bits per heavy atom. The number of phenolic OH excluding ortho intramolecular Hbond substituents is 2. The zero-order valence-corrected chi connectivity index (χ0v) is 18.2. The van der Waals surface area contributed by atoms with E-state index in [1.807, 2.05) is 11.9 Å². The first kappa shape index (κ1) is 23.4. The largest absolute Gasteiger partial charge is 0.507 e. The molecular formula is C23H21ClF3NO5. The highest BCUT2D eigenvalue weighted by molar-refractivity contribution is 6.33. The minimum Gasteiger partial charge on any atom is -0.507 e. The van der Waals surface area contributed by atoms with E-state index in [2.05, 4.69) is 0 Å². The van der Waals surface area contributed by atoms with Crippen molar-refractivity contribution in [2.24, 2.45) is 0 Å². The molecule has 6 nitrogen and oxygen atoms in total. The summed E-state index contributed by atoms with van der Waals surface area (Å²) >= 11 is 6.17. The van der Waals surface area contributed by atoms with E-state index < -0.39 is 35.3 Å². The molecule has 33 heavy (non-hydrogen) atoms. The molecule has 0 bridgehead atoms. The van der Waals surface area contributed by atoms with Gasteiger partial charge in [0.15, 0.2) is 12.1 Å². The summed E-state index contributed by atoms with van der Waals surface area (Å²) < 4.78 is 46.0. The number of likely N-dealkylation sites (tertiary alicyclic amines) is 1. The fourth-order valence-electron chi connectivity index (χ4n) is 4.44. The predicted octanol–water partition coefficient (Wildman–Crippen LogP) is 4.37. The van der Waals surface area contributed by atoms with Crippen molar-refractivity contribution in [1.82, 2.24) is 4.90 Å². The van der Waals surface area contributed by atoms with E-state index in [4.69, 9.17) is 16.0 Å². The Balaban J connectivity index is 1.94. The van der Waals surface area contributed by atoms with Crippen molar-refractivity contribution >= 4 is 22.6 Å². The number of phenols is 2. The molecule has 10 heteroatoms. The number of aromatic hydroxyl groups is 2. The molecule has 0 spiro atoms. The molecule has 0 saturated carbocycles. The lowest BCUT2D eigenvalue weighted by Gasteiger charge is -2.24. The number of hydrogen-bond acceptors (Lipinski definition) is 6. The molecule has 1 aliphatic rings. The van der Waals surface area contributed by atoms with Crippen LogP contribution in [0.15, 0.2) is 39.5 Å². The first-order chi connectivity index (χ1) is 15.6. The Morgan fingerprint density at radius 2 is 1.94 bits per heavy atom. The van der Waals surface area contributed by atoms with Gasteiger partial charge in [-0.1, -0.05) is 17.7 Å². The van der Waals surface area contributed by atoms with Crippen LogP contribution >= 0.6 is 11.6 Å². The minimum atomic E-state index is -3.72. The lowest BCUT2D eigenvalue weighted by atomic mass is 9.89. The van der Waals surface area contributed by atoms with Gasteiger partial charge < -0.3 is 24.6 Å². The van der Waals surface area contributed by atoms with Gasteiger partial charge in [0.05, 0.1) is 11.6 Å². The summed E-state index contributed by atoms with van der Waals surface area (Å²) in [5, 5.41) is 30.5. The summed E-state index contributed by atoms with van der Waals surface area (Å²) in [5.74, 6) is -4.98. The molecule has 2 heterocycles. The third kappa shape index (κ3) is 3.94. The summed E-state index contributed by atoms with van der Waals surface area (Å²) in [6, 6.07) is 4.83. The van der Waals surface area contributed by atoms with Gasteiger partial charge in [-0.15, -0.1) is 0 Å². The van der Waals surface area contributed by atoms with Crippen LogP contribution in [0.4, 0.5) is 13.2 Å². The third-order valence-electron chi connectivity index (χ3n) is 6.20. The Labute approximate surface area is 191 Å². The van der Waals surface area contributed by atoms with E-state index in [9.17, 15) is 33.3 Å². The van der Waals surface area contributed by atoms with E-state index in [1.165, 1.54) is 6.07 Å². The van der Waals surface area contributed by atoms with E-state index in [0.29, 0.717) is 13.0 Å². The number of hydrogen-bond donors (Lipinski definition) is 3. The monoisotopic (exact) mass is 483 g/mol. The number of halogens is 4. The van der Waals surface area contributed by atoms with Crippen molar-refractivity contribution in [2.45, 2.75) is 24.3 Å². The lowest BCUT2D eigenvalue weighted by molar-refractivity contribution is -0.0280. The number of alkyl halides is 3. The SMILES string of the molecule is CN1CCC(c2c(O)cc(O)c3c(=O)cc(-c4ccc(C(F)(F)CF)cc4Cl)oc23)C1CO. The second kappa shape index (κ2) is 8.55. The quantitative estimate of drug-likeness (QED) is 0.499. The number of aliphatic hydroxyl groups excluding tert-OH is 1. The van der Waals surface area contributed by atoms with Crippen molar-refractivity contribution in [2.75, 3.05) is 26.9 Å². The summed E-state index contributed by atoms with van der Waals surface area (Å²) in [6.07, 6.45) is 0.552. The summed E-state index contributed by atoms with van der Waals surface area (Å²) in [5.41, 5.74) is -0.987. The van der Waals surface area contributed by atoms with Crippen LogP contribution in [0, 0.1) is 0 Å². The average molecular weight is 484 g/mol. The number of nitrogens with zero attached hydrogens (tertiary/aromatic N) is 1. The van der Waals surface area contributed by atoms with Gasteiger partial charge in [0.1, 0.15) is 28.2 Å². The lowest BCUT2D eigenvalue weighted by Crippen LogP contribution is -2.32. The van der Waals surface area contributed by atoms with Crippen molar-refractivity contribution in [3.05, 3.63) is 56.7 Å². The summed E-state index contributed by atoms with van der Waals surface area (Å²) in [7, 11) is 1.82. The zero-order valence-electron chi connectivity index (χ0n) is 17.5. The Bertz CT molecular complexity index is 1280. The molecule has 1 fully saturated rings. The van der Waals surface area contributed by atoms with Gasteiger partial charge in [-0.3, -0.25) is 4.79 Å². The highest BCUT2D eigenvalue weighted by atomic mass is 35.5. The molecule has 1 aliphatic heterocycles. The molecule has 2 unspecified atom stereocenters. The Kier molecular flexibility index (Phi) is 6.07. The molecule has 1 aromatic heterocycles. The maximum Gasteiger partial charge on any atom is 0.301 e. The molecule has 3 aromatic rings. The van der Waals surface area contributed by atoms with E-state index in [0.717, 1.165) is 24.3 Å². The Morgan fingerprint density at radius 1 is 1.21 bits per heavy atom. The molecule has 0 aliphatic carbocycles. The number of aliphatic hydroxyl groups is 1. The van der Waals surface area contributed by atoms with Crippen LogP contribution in [0.5, 0.6) is 11.5 Å². The summed E-state index contributed by atoms with van der Waals surface area (Å²) in [4.78, 5) is 14.8. The van der Waals surface area contributed by atoms with Crippen LogP contribution in [0.2, 0.25) is 5.02 Å². The zero-order chi connectivity index (χ0) is 24.1. The number of likely N-dealkylation sites (N-methyl/N-ethyl adjacent to an activating group) is 1. The standard InChI is InChI=1S/C23H21ClF3NO5/c1-28-5-4-13(15(28)9-29)20-16(30)7-17(31)21-18(32)8-19(33-22(20)21)12-3-2-11(6-14(12)24)23(26,27)10-25/h2-3,6-8,13,15,29-31H,4-5,9-10H2,1H3. The van der Waals surface area contributed by atoms with E-state index >= 15 is 0 Å². The Hall–Kier alpha value is -2.75. The average Bonchev–Trinajstić information content (AvgIpc) is 3.12. The van der Waals surface area contributed by atoms with Gasteiger partial charge in [-0.05, 0) is 32.1 Å². The smallest absolute Gasteiger partial charge is 0.301 e. The maximum atomic E-state index is 13.7. The first-order valence-electron chi connectivity index (χ1n) is 10.2. The van der Waals surface area contributed by atoms with Crippen LogP contribution in [0.1, 0.15) is 23.5 Å². The topological polar surface area (TPSA) is 94.1 Å². The van der Waals surface area contributed by atoms with Crippen LogP contribution in [0.25, 0.3) is 22.3 Å². The molecule has 2 atom stereocenters. The normalized spacial score (nSPS) is 19.5. The predicted molar refractivity (Wildman–Crippen MR) is 117 cm³/mol. The van der Waals surface area contributed by atoms with Crippen LogP contribution < -0.4 is 5.43 Å². The molecule has 2 aromatic carbocycles. The van der Waals surface area contributed by atoms with Gasteiger partial charge in [0, 0.05) is 40.8 Å². The molecule has 1 saturated heterocycles. The fraction of sp³-hybridized carbons (Fsp3) is 0.348. The summed E-state index contributed by atoms with van der Waals surface area (Å²) in [6.45, 7) is -1.47.